The first-order chi connectivity index (χ1) is 14.9. The second-order valence-electron chi connectivity index (χ2n) is 6.78. The van der Waals surface area contributed by atoms with E-state index in [1.54, 1.807) is 22.4 Å². The lowest BCUT2D eigenvalue weighted by Gasteiger charge is -2.15. The van der Waals surface area contributed by atoms with Crippen LogP contribution in [-0.4, -0.2) is 22.5 Å². The molecule has 0 bridgehead atoms. The van der Waals surface area contributed by atoms with Crippen LogP contribution in [0.1, 0.15) is 11.3 Å². The summed E-state index contributed by atoms with van der Waals surface area (Å²) in [5.41, 5.74) is 1.76. The summed E-state index contributed by atoms with van der Waals surface area (Å²) < 4.78 is 6.76. The Kier molecular flexibility index (Phi) is 7.09. The molecule has 0 aliphatic rings. The summed E-state index contributed by atoms with van der Waals surface area (Å²) in [7, 11) is 1.39. The minimum Gasteiger partial charge on any atom is -0.491 e. The van der Waals surface area contributed by atoms with Crippen LogP contribution in [0.3, 0.4) is 0 Å². The number of carbonyl (C=O) groups excluding carboxylic acids is 1. The predicted molar refractivity (Wildman–Crippen MR) is 120 cm³/mol. The summed E-state index contributed by atoms with van der Waals surface area (Å²) in [6.45, 7) is 1.93. The van der Waals surface area contributed by atoms with Crippen LogP contribution in [0.15, 0.2) is 70.5 Å². The fourth-order valence-electron chi connectivity index (χ4n) is 2.86. The Morgan fingerprint density at radius 2 is 1.94 bits per heavy atom. The largest absolute Gasteiger partial charge is 0.491 e. The van der Waals surface area contributed by atoms with Gasteiger partial charge in [-0.2, -0.15) is 0 Å². The first kappa shape index (κ1) is 22.1. The Labute approximate surface area is 183 Å². The number of benzene rings is 2. The summed E-state index contributed by atoms with van der Waals surface area (Å²) in [6, 6.07) is 15.2. The van der Waals surface area contributed by atoms with Gasteiger partial charge in [-0.3, -0.25) is 19.7 Å². The number of nitro groups is 1. The van der Waals surface area contributed by atoms with Crippen LogP contribution in [0.25, 0.3) is 0 Å². The van der Waals surface area contributed by atoms with E-state index in [9.17, 15) is 19.7 Å². The summed E-state index contributed by atoms with van der Waals surface area (Å²) in [5, 5.41) is 13.6. The zero-order chi connectivity index (χ0) is 22.4. The van der Waals surface area contributed by atoms with Crippen molar-refractivity contribution < 1.29 is 14.5 Å². The average molecular weight is 439 g/mol. The number of ether oxygens (including phenoxy) is 1. The van der Waals surface area contributed by atoms with Crippen molar-refractivity contribution in [3.63, 3.8) is 0 Å². The van der Waals surface area contributed by atoms with Crippen LogP contribution in [0.5, 0.6) is 5.75 Å². The van der Waals surface area contributed by atoms with E-state index in [4.69, 9.17) is 4.74 Å². The van der Waals surface area contributed by atoms with Crippen molar-refractivity contribution in [2.45, 2.75) is 24.1 Å². The molecule has 0 saturated heterocycles. The fraction of sp³-hybridized carbons (Fsp3) is 0.182. The lowest BCUT2D eigenvalue weighted by atomic mass is 10.2. The number of pyridine rings is 1. The molecule has 0 atom stereocenters. The molecule has 8 nitrogen and oxygen atoms in total. The molecule has 0 radical (unpaired) electrons. The van der Waals surface area contributed by atoms with Crippen LogP contribution in [-0.2, 0) is 17.1 Å². The quantitative estimate of drug-likeness (QED) is 0.323. The molecule has 0 aliphatic heterocycles. The minimum atomic E-state index is -0.525. The summed E-state index contributed by atoms with van der Waals surface area (Å²) in [6.07, 6.45) is 1.50. The predicted octanol–water partition coefficient (Wildman–Crippen LogP) is 4.00. The third-order valence-electron chi connectivity index (χ3n) is 4.46. The van der Waals surface area contributed by atoms with Gasteiger partial charge < -0.3 is 14.6 Å². The highest BCUT2D eigenvalue weighted by Crippen LogP contribution is 2.23. The van der Waals surface area contributed by atoms with Crippen molar-refractivity contribution in [3.05, 3.63) is 92.4 Å². The van der Waals surface area contributed by atoms with Crippen LogP contribution in [0, 0.1) is 17.0 Å². The number of nitrogens with one attached hydrogen (secondary N) is 1. The third-order valence-corrected chi connectivity index (χ3v) is 5.51. The number of anilines is 1. The highest BCUT2D eigenvalue weighted by atomic mass is 32.2. The number of nitro benzene ring substituents is 1. The molecule has 1 N–H and O–H groups in total. The number of aryl methyl sites for hydroxylation is 1. The monoisotopic (exact) mass is 439 g/mol. The maximum Gasteiger partial charge on any atom is 0.271 e. The molecular weight excluding hydrogens is 418 g/mol. The van der Waals surface area contributed by atoms with Gasteiger partial charge in [-0.15, -0.1) is 11.8 Å². The van der Waals surface area contributed by atoms with E-state index in [0.717, 1.165) is 10.5 Å². The van der Waals surface area contributed by atoms with Crippen LogP contribution >= 0.6 is 11.8 Å². The Morgan fingerprint density at radius 1 is 1.19 bits per heavy atom. The number of nitrogens with zero attached hydrogens (tertiary/aromatic N) is 2. The number of non-ortho nitro benzene ring substituents is 1. The standard InChI is InChI=1S/C22H21N3O5S/c1-15-6-8-19(9-7-15)31-14-18-11-20(26)21(30-2)12-24(18)13-22(27)23-16-4-3-5-17(10-16)25(28)29/h3-12H,13-14H2,1-2H3,(H,23,27). The highest BCUT2D eigenvalue weighted by molar-refractivity contribution is 7.98. The number of hydrogen-bond acceptors (Lipinski definition) is 6. The van der Waals surface area contributed by atoms with E-state index in [1.165, 1.54) is 37.6 Å². The second-order valence-corrected chi connectivity index (χ2v) is 7.83. The lowest BCUT2D eigenvalue weighted by Crippen LogP contribution is -2.22. The van der Waals surface area contributed by atoms with Gasteiger partial charge in [0.25, 0.3) is 5.69 Å². The van der Waals surface area contributed by atoms with Crippen molar-refractivity contribution >= 4 is 29.0 Å². The number of carbonyl (C=O) groups is 1. The SMILES string of the molecule is COc1cn(CC(=O)Nc2cccc([N+](=O)[O-])c2)c(CSc2ccc(C)cc2)cc1=O. The van der Waals surface area contributed by atoms with Gasteiger partial charge in [0.15, 0.2) is 5.75 Å². The first-order valence-electron chi connectivity index (χ1n) is 9.37. The molecule has 0 spiro atoms. The van der Waals surface area contributed by atoms with Gasteiger partial charge in [0, 0.05) is 40.2 Å². The van der Waals surface area contributed by atoms with Gasteiger partial charge in [-0.05, 0) is 25.1 Å². The third kappa shape index (κ3) is 5.95. The zero-order valence-electron chi connectivity index (χ0n) is 17.0. The normalized spacial score (nSPS) is 10.5. The topological polar surface area (TPSA) is 103 Å². The van der Waals surface area contributed by atoms with Gasteiger partial charge in [-0.25, -0.2) is 0 Å². The van der Waals surface area contributed by atoms with E-state index < -0.39 is 4.92 Å². The molecule has 0 unspecified atom stereocenters. The van der Waals surface area contributed by atoms with E-state index in [-0.39, 0.29) is 29.3 Å². The van der Waals surface area contributed by atoms with Crippen LogP contribution in [0.4, 0.5) is 11.4 Å². The molecule has 3 aromatic rings. The van der Waals surface area contributed by atoms with Crippen LogP contribution in [0.2, 0.25) is 0 Å². The molecule has 1 heterocycles. The summed E-state index contributed by atoms with van der Waals surface area (Å²) in [4.78, 5) is 36.3. The Bertz CT molecular complexity index is 1160. The Balaban J connectivity index is 1.78. The summed E-state index contributed by atoms with van der Waals surface area (Å²) >= 11 is 1.55. The molecule has 0 saturated carbocycles. The second kappa shape index (κ2) is 9.94. The van der Waals surface area contributed by atoms with Crippen LogP contribution < -0.4 is 15.5 Å². The van der Waals surface area contributed by atoms with E-state index in [0.29, 0.717) is 17.1 Å². The molecule has 3 rings (SSSR count). The van der Waals surface area contributed by atoms with Crippen molar-refractivity contribution in [2.24, 2.45) is 0 Å². The maximum absolute atomic E-state index is 12.6. The maximum atomic E-state index is 12.6. The summed E-state index contributed by atoms with van der Waals surface area (Å²) in [5.74, 6) is 0.229. The number of rotatable bonds is 8. The molecule has 0 aliphatic carbocycles. The van der Waals surface area contributed by atoms with E-state index >= 15 is 0 Å². The van der Waals surface area contributed by atoms with Gasteiger partial charge in [0.2, 0.25) is 11.3 Å². The smallest absolute Gasteiger partial charge is 0.271 e. The van der Waals surface area contributed by atoms with Gasteiger partial charge >= 0.3 is 0 Å². The molecule has 1 aromatic heterocycles. The number of methoxy groups -OCH3 is 1. The van der Waals surface area contributed by atoms with Crippen molar-refractivity contribution in [1.82, 2.24) is 4.57 Å². The number of amides is 1. The van der Waals surface area contributed by atoms with Gasteiger partial charge in [0.05, 0.1) is 18.2 Å². The fourth-order valence-corrected chi connectivity index (χ4v) is 3.75. The van der Waals surface area contributed by atoms with Crippen molar-refractivity contribution in [2.75, 3.05) is 12.4 Å². The number of aromatic nitrogens is 1. The zero-order valence-corrected chi connectivity index (χ0v) is 17.8. The van der Waals surface area contributed by atoms with Crippen molar-refractivity contribution in [3.8, 4) is 5.75 Å². The first-order valence-corrected chi connectivity index (χ1v) is 10.4. The molecule has 0 fully saturated rings. The average Bonchev–Trinajstić information content (AvgIpc) is 2.74. The lowest BCUT2D eigenvalue weighted by molar-refractivity contribution is -0.384. The number of hydrogen-bond donors (Lipinski definition) is 1. The van der Waals surface area contributed by atoms with Gasteiger partial charge in [-0.1, -0.05) is 23.8 Å². The van der Waals surface area contributed by atoms with E-state index in [1.807, 2.05) is 31.2 Å². The Morgan fingerprint density at radius 3 is 2.61 bits per heavy atom. The van der Waals surface area contributed by atoms with E-state index in [2.05, 4.69) is 5.32 Å². The molecule has 1 amide bonds. The molecule has 160 valence electrons. The highest BCUT2D eigenvalue weighted by Gasteiger charge is 2.13. The minimum absolute atomic E-state index is 0.0802. The van der Waals surface area contributed by atoms with Crippen molar-refractivity contribution in [1.29, 1.82) is 0 Å². The molecule has 31 heavy (non-hydrogen) atoms. The molecule has 2 aromatic carbocycles. The molecular formula is C22H21N3O5S. The number of thioether (sulfide) groups is 1. The Hall–Kier alpha value is -3.59. The molecule has 9 heteroatoms. The van der Waals surface area contributed by atoms with Gasteiger partial charge in [0.1, 0.15) is 6.54 Å².